The number of anilines is 2. The summed E-state index contributed by atoms with van der Waals surface area (Å²) in [5, 5.41) is 0. The Morgan fingerprint density at radius 1 is 0.966 bits per heavy atom. The molecule has 0 saturated carbocycles. The van der Waals surface area contributed by atoms with Gasteiger partial charge in [-0.2, -0.15) is 9.97 Å². The van der Waals surface area contributed by atoms with Gasteiger partial charge >= 0.3 is 0 Å². The largest absolute Gasteiger partial charge is 0.378 e. The maximum absolute atomic E-state index is 5.82. The van der Waals surface area contributed by atoms with E-state index in [-0.39, 0.29) is 12.1 Å². The maximum Gasteiger partial charge on any atom is 0.229 e. The third-order valence-electron chi connectivity index (χ3n) is 5.86. The van der Waals surface area contributed by atoms with Crippen molar-refractivity contribution in [2.45, 2.75) is 26.0 Å². The summed E-state index contributed by atoms with van der Waals surface area (Å²) in [7, 11) is 0. The van der Waals surface area contributed by atoms with Gasteiger partial charge < -0.3 is 19.3 Å². The molecule has 5 rings (SSSR count). The molecular formula is C21H26N6O2. The minimum Gasteiger partial charge on any atom is -0.378 e. The second-order valence-electron chi connectivity index (χ2n) is 7.60. The molecule has 8 nitrogen and oxygen atoms in total. The van der Waals surface area contributed by atoms with Crippen LogP contribution in [0.5, 0.6) is 0 Å². The predicted molar refractivity (Wildman–Crippen MR) is 112 cm³/mol. The molecule has 2 atom stereocenters. The first-order valence-electron chi connectivity index (χ1n) is 10.2. The number of nitrogens with zero attached hydrogens (tertiary/aromatic N) is 6. The average Bonchev–Trinajstić information content (AvgIpc) is 3.20. The van der Waals surface area contributed by atoms with Crippen molar-refractivity contribution >= 4 is 22.8 Å². The number of hydrogen-bond donors (Lipinski definition) is 0. The summed E-state index contributed by atoms with van der Waals surface area (Å²) in [5.41, 5.74) is 1.99. The van der Waals surface area contributed by atoms with Crippen LogP contribution in [-0.2, 0) is 9.47 Å². The van der Waals surface area contributed by atoms with Gasteiger partial charge in [0.05, 0.1) is 43.0 Å². The zero-order valence-electron chi connectivity index (χ0n) is 16.9. The lowest BCUT2D eigenvalue weighted by atomic mass is 10.1. The fraction of sp³-hybridized carbons (Fsp3) is 0.476. The Bertz CT molecular complexity index is 1000. The summed E-state index contributed by atoms with van der Waals surface area (Å²) < 4.78 is 13.4. The molecule has 152 valence electrons. The summed E-state index contributed by atoms with van der Waals surface area (Å²) in [5.74, 6) is 2.50. The van der Waals surface area contributed by atoms with Crippen LogP contribution in [-0.4, -0.2) is 71.1 Å². The Labute approximate surface area is 170 Å². The summed E-state index contributed by atoms with van der Waals surface area (Å²) in [6.45, 7) is 8.80. The van der Waals surface area contributed by atoms with Gasteiger partial charge in [-0.15, -0.1) is 0 Å². The highest BCUT2D eigenvalue weighted by Gasteiger charge is 2.28. The summed E-state index contributed by atoms with van der Waals surface area (Å²) in [6.07, 6.45) is 1.99. The van der Waals surface area contributed by atoms with Crippen LogP contribution < -0.4 is 9.80 Å². The lowest BCUT2D eigenvalue weighted by Crippen LogP contribution is -2.49. The van der Waals surface area contributed by atoms with E-state index in [1.807, 2.05) is 29.1 Å². The van der Waals surface area contributed by atoms with E-state index < -0.39 is 0 Å². The van der Waals surface area contributed by atoms with E-state index in [0.29, 0.717) is 19.8 Å². The number of imidazole rings is 1. The fourth-order valence-corrected chi connectivity index (χ4v) is 3.98. The van der Waals surface area contributed by atoms with Crippen LogP contribution in [0.3, 0.4) is 0 Å². The molecule has 0 radical (unpaired) electrons. The van der Waals surface area contributed by atoms with Crippen molar-refractivity contribution in [3.63, 3.8) is 0 Å². The minimum absolute atomic E-state index is 0.156. The Morgan fingerprint density at radius 3 is 2.62 bits per heavy atom. The molecule has 2 fully saturated rings. The normalized spacial score (nSPS) is 23.0. The van der Waals surface area contributed by atoms with E-state index in [1.54, 1.807) is 0 Å². The van der Waals surface area contributed by atoms with Crippen LogP contribution in [0.4, 0.5) is 11.8 Å². The standard InChI is InChI=1S/C21H26N6O2/c1-15-16(2)29-12-9-26(15)19-13-20(24-21(23-19)25-7-10-28-11-8-25)27-14-22-17-5-3-4-6-18(17)27/h3-6,13-16H,7-12H2,1-2H3/t15-,16+/m1/s1. The molecule has 8 heteroatoms. The summed E-state index contributed by atoms with van der Waals surface area (Å²) >= 11 is 0. The highest BCUT2D eigenvalue weighted by Crippen LogP contribution is 2.27. The molecular weight excluding hydrogens is 368 g/mol. The molecule has 0 aliphatic carbocycles. The van der Waals surface area contributed by atoms with Gasteiger partial charge in [0.25, 0.3) is 0 Å². The molecule has 0 unspecified atom stereocenters. The quantitative estimate of drug-likeness (QED) is 0.675. The molecule has 2 aliphatic heterocycles. The average molecular weight is 394 g/mol. The van der Waals surface area contributed by atoms with Gasteiger partial charge in [0.1, 0.15) is 18.0 Å². The number of aromatic nitrogens is 4. The smallest absolute Gasteiger partial charge is 0.229 e. The topological polar surface area (TPSA) is 68.5 Å². The lowest BCUT2D eigenvalue weighted by Gasteiger charge is -2.39. The van der Waals surface area contributed by atoms with Crippen LogP contribution in [0.2, 0.25) is 0 Å². The van der Waals surface area contributed by atoms with Crippen molar-refractivity contribution in [1.29, 1.82) is 0 Å². The van der Waals surface area contributed by atoms with Crippen LogP contribution >= 0.6 is 0 Å². The van der Waals surface area contributed by atoms with Crippen molar-refractivity contribution in [1.82, 2.24) is 19.5 Å². The Balaban J connectivity index is 1.62. The molecule has 0 amide bonds. The number of para-hydroxylation sites is 2. The number of fused-ring (bicyclic) bond motifs is 1. The molecule has 2 aromatic heterocycles. The molecule has 2 aliphatic rings. The molecule has 0 spiro atoms. The fourth-order valence-electron chi connectivity index (χ4n) is 3.98. The Kier molecular flexibility index (Phi) is 4.81. The predicted octanol–water partition coefficient (Wildman–Crippen LogP) is 2.27. The van der Waals surface area contributed by atoms with Crippen molar-refractivity contribution in [2.24, 2.45) is 0 Å². The van der Waals surface area contributed by atoms with E-state index in [1.165, 1.54) is 0 Å². The second-order valence-corrected chi connectivity index (χ2v) is 7.60. The first-order chi connectivity index (χ1) is 14.2. The van der Waals surface area contributed by atoms with Crippen molar-refractivity contribution < 1.29 is 9.47 Å². The molecule has 4 heterocycles. The summed E-state index contributed by atoms with van der Waals surface area (Å²) in [6, 6.07) is 10.4. The number of morpholine rings is 2. The van der Waals surface area contributed by atoms with Gasteiger partial charge in [-0.05, 0) is 26.0 Å². The van der Waals surface area contributed by atoms with E-state index in [2.05, 4.69) is 40.8 Å². The van der Waals surface area contributed by atoms with E-state index >= 15 is 0 Å². The van der Waals surface area contributed by atoms with Crippen LogP contribution in [0.1, 0.15) is 13.8 Å². The zero-order chi connectivity index (χ0) is 19.8. The third kappa shape index (κ3) is 3.42. The zero-order valence-corrected chi connectivity index (χ0v) is 16.9. The molecule has 0 N–H and O–H groups in total. The van der Waals surface area contributed by atoms with Gasteiger partial charge in [-0.1, -0.05) is 12.1 Å². The number of rotatable bonds is 3. The maximum atomic E-state index is 5.82. The van der Waals surface area contributed by atoms with Gasteiger partial charge in [-0.25, -0.2) is 4.98 Å². The van der Waals surface area contributed by atoms with Gasteiger partial charge in [0.15, 0.2) is 0 Å². The Morgan fingerprint density at radius 2 is 1.76 bits per heavy atom. The molecule has 3 aromatic rings. The molecule has 0 bridgehead atoms. The minimum atomic E-state index is 0.156. The van der Waals surface area contributed by atoms with Crippen LogP contribution in [0.15, 0.2) is 36.7 Å². The van der Waals surface area contributed by atoms with E-state index in [4.69, 9.17) is 19.4 Å². The van der Waals surface area contributed by atoms with Gasteiger partial charge in [-0.3, -0.25) is 4.57 Å². The summed E-state index contributed by atoms with van der Waals surface area (Å²) in [4.78, 5) is 18.9. The second kappa shape index (κ2) is 7.61. The van der Waals surface area contributed by atoms with Crippen molar-refractivity contribution in [3.05, 3.63) is 36.7 Å². The van der Waals surface area contributed by atoms with Crippen molar-refractivity contribution in [2.75, 3.05) is 49.3 Å². The monoisotopic (exact) mass is 394 g/mol. The van der Waals surface area contributed by atoms with Crippen LogP contribution in [0, 0.1) is 0 Å². The first-order valence-corrected chi connectivity index (χ1v) is 10.2. The lowest BCUT2D eigenvalue weighted by molar-refractivity contribution is 0.0281. The number of hydrogen-bond acceptors (Lipinski definition) is 7. The number of ether oxygens (including phenoxy) is 2. The molecule has 29 heavy (non-hydrogen) atoms. The van der Waals surface area contributed by atoms with E-state index in [9.17, 15) is 0 Å². The third-order valence-corrected chi connectivity index (χ3v) is 5.86. The van der Waals surface area contributed by atoms with Gasteiger partial charge in [0.2, 0.25) is 5.95 Å². The van der Waals surface area contributed by atoms with Crippen molar-refractivity contribution in [3.8, 4) is 5.82 Å². The molecule has 2 saturated heterocycles. The highest BCUT2D eigenvalue weighted by molar-refractivity contribution is 5.77. The Hall–Kier alpha value is -2.71. The van der Waals surface area contributed by atoms with Crippen LogP contribution in [0.25, 0.3) is 16.9 Å². The SMILES string of the molecule is C[C@@H]1OCCN(c2cc(-n3cnc4ccccc43)nc(N3CCOCC3)n2)[C@@H]1C. The van der Waals surface area contributed by atoms with E-state index in [0.717, 1.165) is 48.3 Å². The van der Waals surface area contributed by atoms with Gasteiger partial charge in [0, 0.05) is 25.7 Å². The molecule has 1 aromatic carbocycles. The first kappa shape index (κ1) is 18.3. The number of benzene rings is 1. The highest BCUT2D eigenvalue weighted by atomic mass is 16.5.